The predicted molar refractivity (Wildman–Crippen MR) is 74.0 cm³/mol. The van der Waals surface area contributed by atoms with E-state index >= 15 is 0 Å². The van der Waals surface area contributed by atoms with Crippen LogP contribution < -0.4 is 5.32 Å². The summed E-state index contributed by atoms with van der Waals surface area (Å²) in [6, 6.07) is -0.274. The third kappa shape index (κ3) is 2.45. The van der Waals surface area contributed by atoms with E-state index in [2.05, 4.69) is 15.3 Å². The van der Waals surface area contributed by atoms with E-state index in [9.17, 15) is 9.90 Å². The van der Waals surface area contributed by atoms with Crippen molar-refractivity contribution in [2.75, 3.05) is 7.05 Å². The van der Waals surface area contributed by atoms with Gasteiger partial charge in [-0.15, -0.1) is 0 Å². The van der Waals surface area contributed by atoms with Crippen LogP contribution in [0.4, 0.5) is 0 Å². The molecule has 1 fully saturated rings. The molecule has 1 amide bonds. The molecule has 3 N–H and O–H groups in total. The van der Waals surface area contributed by atoms with Crippen LogP contribution in [0.1, 0.15) is 37.1 Å². The molecular weight excluding hydrogens is 256 g/mol. The second-order valence-corrected chi connectivity index (χ2v) is 5.83. The van der Waals surface area contributed by atoms with Crippen molar-refractivity contribution in [1.29, 1.82) is 0 Å². The molecule has 2 heterocycles. The minimum absolute atomic E-state index is 0.0429. The summed E-state index contributed by atoms with van der Waals surface area (Å²) in [7, 11) is 1.81. The van der Waals surface area contributed by atoms with E-state index in [-0.39, 0.29) is 24.1 Å². The van der Waals surface area contributed by atoms with E-state index in [1.807, 2.05) is 7.05 Å². The zero-order chi connectivity index (χ0) is 14.1. The standard InChI is InChI=1S/C14H22N4O2/c1-18(12-4-2-3-5-13(12)19)14(20)10-6-9-11(7-15-10)17-8-16-9/h8,10,12-13,15,19H,2-7H2,1H3,(H,16,17). The molecule has 1 aromatic heterocycles. The van der Waals surface area contributed by atoms with Crippen LogP contribution in [-0.4, -0.2) is 51.1 Å². The Morgan fingerprint density at radius 2 is 2.25 bits per heavy atom. The van der Waals surface area contributed by atoms with Crippen LogP contribution in [0.25, 0.3) is 0 Å². The molecule has 1 saturated carbocycles. The normalized spacial score (nSPS) is 29.8. The van der Waals surface area contributed by atoms with Crippen molar-refractivity contribution < 1.29 is 9.90 Å². The van der Waals surface area contributed by atoms with Gasteiger partial charge in [-0.3, -0.25) is 10.1 Å². The molecule has 3 atom stereocenters. The summed E-state index contributed by atoms with van der Waals surface area (Å²) in [6.45, 7) is 0.646. The number of H-pyrrole nitrogens is 1. The molecule has 0 aromatic carbocycles. The fourth-order valence-corrected chi connectivity index (χ4v) is 3.30. The zero-order valence-electron chi connectivity index (χ0n) is 11.8. The lowest BCUT2D eigenvalue weighted by atomic mass is 9.91. The average Bonchev–Trinajstić information content (AvgIpc) is 2.93. The van der Waals surface area contributed by atoms with E-state index in [1.54, 1.807) is 11.2 Å². The smallest absolute Gasteiger partial charge is 0.240 e. The first-order valence-electron chi connectivity index (χ1n) is 7.36. The van der Waals surface area contributed by atoms with Gasteiger partial charge in [0.1, 0.15) is 0 Å². The van der Waals surface area contributed by atoms with Crippen molar-refractivity contribution in [3.05, 3.63) is 17.7 Å². The number of aliphatic hydroxyl groups excluding tert-OH is 1. The number of carbonyl (C=O) groups excluding carboxylic acids is 1. The van der Waals surface area contributed by atoms with Crippen LogP contribution in [0.5, 0.6) is 0 Å². The van der Waals surface area contributed by atoms with Crippen LogP contribution in [0, 0.1) is 0 Å². The predicted octanol–water partition coefficient (Wildman–Crippen LogP) is 0.186. The molecule has 0 bridgehead atoms. The minimum atomic E-state index is -0.387. The highest BCUT2D eigenvalue weighted by Gasteiger charge is 2.34. The number of imidazole rings is 1. The first-order chi connectivity index (χ1) is 9.66. The second-order valence-electron chi connectivity index (χ2n) is 5.83. The average molecular weight is 278 g/mol. The maximum atomic E-state index is 12.6. The van der Waals surface area contributed by atoms with Crippen LogP contribution in [0.15, 0.2) is 6.33 Å². The topological polar surface area (TPSA) is 81.2 Å². The van der Waals surface area contributed by atoms with Crippen molar-refractivity contribution in [3.8, 4) is 0 Å². The summed E-state index contributed by atoms with van der Waals surface area (Å²) in [6.07, 6.45) is 5.73. The maximum Gasteiger partial charge on any atom is 0.240 e. The summed E-state index contributed by atoms with van der Waals surface area (Å²) in [5.74, 6) is 0.0598. The lowest BCUT2D eigenvalue weighted by molar-refractivity contribution is -0.137. The molecule has 3 unspecified atom stereocenters. The summed E-state index contributed by atoms with van der Waals surface area (Å²) in [5, 5.41) is 13.3. The van der Waals surface area contributed by atoms with Gasteiger partial charge in [0, 0.05) is 20.0 Å². The zero-order valence-corrected chi connectivity index (χ0v) is 11.8. The van der Waals surface area contributed by atoms with Crippen molar-refractivity contribution >= 4 is 5.91 Å². The molecule has 1 aliphatic carbocycles. The number of aliphatic hydroxyl groups is 1. The van der Waals surface area contributed by atoms with Crippen LogP contribution in [0.2, 0.25) is 0 Å². The van der Waals surface area contributed by atoms with E-state index < -0.39 is 0 Å². The van der Waals surface area contributed by atoms with Crippen LogP contribution in [-0.2, 0) is 17.8 Å². The number of nitrogens with one attached hydrogen (secondary N) is 2. The highest BCUT2D eigenvalue weighted by Crippen LogP contribution is 2.23. The number of nitrogens with zero attached hydrogens (tertiary/aromatic N) is 2. The molecule has 20 heavy (non-hydrogen) atoms. The molecule has 110 valence electrons. The highest BCUT2D eigenvalue weighted by molar-refractivity contribution is 5.82. The van der Waals surface area contributed by atoms with Gasteiger partial charge in [-0.2, -0.15) is 0 Å². The second kappa shape index (κ2) is 5.54. The Labute approximate surface area is 118 Å². The van der Waals surface area contributed by atoms with Crippen molar-refractivity contribution in [1.82, 2.24) is 20.2 Å². The Hall–Kier alpha value is -1.40. The molecule has 1 aromatic rings. The Balaban J connectivity index is 1.67. The van der Waals surface area contributed by atoms with Gasteiger partial charge in [-0.25, -0.2) is 4.98 Å². The van der Waals surface area contributed by atoms with E-state index in [0.29, 0.717) is 13.0 Å². The van der Waals surface area contributed by atoms with Crippen LogP contribution in [0.3, 0.4) is 0 Å². The maximum absolute atomic E-state index is 12.6. The largest absolute Gasteiger partial charge is 0.391 e. The van der Waals surface area contributed by atoms with Crippen molar-refractivity contribution in [2.45, 2.75) is 56.8 Å². The van der Waals surface area contributed by atoms with Gasteiger partial charge in [-0.05, 0) is 12.8 Å². The molecule has 0 spiro atoms. The Bertz CT molecular complexity index is 487. The van der Waals surface area contributed by atoms with Gasteiger partial charge >= 0.3 is 0 Å². The van der Waals surface area contributed by atoms with Gasteiger partial charge in [0.2, 0.25) is 5.91 Å². The lowest BCUT2D eigenvalue weighted by Gasteiger charge is -2.37. The summed E-state index contributed by atoms with van der Waals surface area (Å²) in [5.41, 5.74) is 2.04. The Kier molecular flexibility index (Phi) is 3.76. The number of rotatable bonds is 2. The molecule has 6 heteroatoms. The molecule has 0 radical (unpaired) electrons. The fourth-order valence-electron chi connectivity index (χ4n) is 3.30. The van der Waals surface area contributed by atoms with E-state index in [0.717, 1.165) is 37.1 Å². The monoisotopic (exact) mass is 278 g/mol. The lowest BCUT2D eigenvalue weighted by Crippen LogP contribution is -2.54. The molecular formula is C14H22N4O2. The summed E-state index contributed by atoms with van der Waals surface area (Å²) in [4.78, 5) is 21.7. The van der Waals surface area contributed by atoms with Gasteiger partial charge in [-0.1, -0.05) is 12.8 Å². The Morgan fingerprint density at radius 1 is 1.45 bits per heavy atom. The van der Waals surface area contributed by atoms with E-state index in [1.165, 1.54) is 0 Å². The Morgan fingerprint density at radius 3 is 3.05 bits per heavy atom. The van der Waals surface area contributed by atoms with E-state index in [4.69, 9.17) is 0 Å². The van der Waals surface area contributed by atoms with Gasteiger partial charge < -0.3 is 15.0 Å². The molecule has 6 nitrogen and oxygen atoms in total. The fraction of sp³-hybridized carbons (Fsp3) is 0.714. The number of amides is 1. The highest BCUT2D eigenvalue weighted by atomic mass is 16.3. The minimum Gasteiger partial charge on any atom is -0.391 e. The number of aromatic amines is 1. The number of carbonyl (C=O) groups is 1. The molecule has 2 aliphatic rings. The first-order valence-corrected chi connectivity index (χ1v) is 7.36. The van der Waals surface area contributed by atoms with Crippen molar-refractivity contribution in [3.63, 3.8) is 0 Å². The van der Waals surface area contributed by atoms with Gasteiger partial charge in [0.25, 0.3) is 0 Å². The molecule has 1 aliphatic heterocycles. The molecule has 3 rings (SSSR count). The number of hydrogen-bond acceptors (Lipinski definition) is 4. The van der Waals surface area contributed by atoms with Gasteiger partial charge in [0.05, 0.1) is 35.9 Å². The van der Waals surface area contributed by atoms with Crippen LogP contribution >= 0.6 is 0 Å². The number of fused-ring (bicyclic) bond motifs is 1. The van der Waals surface area contributed by atoms with Gasteiger partial charge in [0.15, 0.2) is 0 Å². The SMILES string of the molecule is CN(C(=O)C1Cc2nc[nH]c2CN1)C1CCCCC1O. The number of likely N-dealkylation sites (N-methyl/N-ethyl adjacent to an activating group) is 1. The molecule has 0 saturated heterocycles. The third-order valence-electron chi connectivity index (χ3n) is 4.57. The van der Waals surface area contributed by atoms with Crippen molar-refractivity contribution in [2.24, 2.45) is 0 Å². The summed E-state index contributed by atoms with van der Waals surface area (Å²) < 4.78 is 0. The number of aromatic nitrogens is 2. The third-order valence-corrected chi connectivity index (χ3v) is 4.57. The number of hydrogen-bond donors (Lipinski definition) is 3. The quantitative estimate of drug-likeness (QED) is 0.721. The first kappa shape index (κ1) is 13.6. The summed E-state index contributed by atoms with van der Waals surface area (Å²) >= 11 is 0.